The van der Waals surface area contributed by atoms with E-state index in [9.17, 15) is 9.18 Å². The Labute approximate surface area is 280 Å². The van der Waals surface area contributed by atoms with Crippen molar-refractivity contribution in [3.05, 3.63) is 88.1 Å². The van der Waals surface area contributed by atoms with Crippen molar-refractivity contribution >= 4 is 29.1 Å². The Bertz CT molecular complexity index is 1600. The average Bonchev–Trinajstić information content (AvgIpc) is 3.84. The first kappa shape index (κ1) is 33.3. The maximum Gasteiger partial charge on any atom is 1.00 e. The van der Waals surface area contributed by atoms with E-state index in [1.807, 2.05) is 25.4 Å². The van der Waals surface area contributed by atoms with E-state index in [4.69, 9.17) is 9.84 Å². The molecular weight excluding hydrogens is 582 g/mol. The van der Waals surface area contributed by atoms with Crippen LogP contribution in [0.25, 0.3) is 10.9 Å². The molecule has 0 spiro atoms. The van der Waals surface area contributed by atoms with Gasteiger partial charge in [0.05, 0.1) is 18.3 Å². The Morgan fingerprint density at radius 1 is 1.14 bits per heavy atom. The molecule has 0 radical (unpaired) electrons. The first-order valence-electron chi connectivity index (χ1n) is 14.3. The van der Waals surface area contributed by atoms with Crippen molar-refractivity contribution in [1.82, 2.24) is 24.4 Å². The average molecular weight is 619 g/mol. The third kappa shape index (κ3) is 7.74. The van der Waals surface area contributed by atoms with Gasteiger partial charge in [-0.25, -0.2) is 9.37 Å². The quantitative estimate of drug-likeness (QED) is 0.268. The third-order valence-electron chi connectivity index (χ3n) is 7.96. The second-order valence-electron chi connectivity index (χ2n) is 11.0. The SMILES string of the molecule is Cc1cc(CN(Cc2cn(C3CC3)c3cc(OCCO)c(F)cc3c2=O)[C@H]2CCCN(c3cnccn3)C2)ccn1.Cl.[H-].[Na+]. The Morgan fingerprint density at radius 3 is 2.70 bits per heavy atom. The first-order chi connectivity index (χ1) is 20.0. The second kappa shape index (κ2) is 14.9. The number of fused-ring (bicyclic) bond motifs is 1. The summed E-state index contributed by atoms with van der Waals surface area (Å²) in [7, 11) is 0. The predicted molar refractivity (Wildman–Crippen MR) is 163 cm³/mol. The van der Waals surface area contributed by atoms with Crippen LogP contribution >= 0.6 is 12.4 Å². The summed E-state index contributed by atoms with van der Waals surface area (Å²) in [6, 6.07) is 7.44. The van der Waals surface area contributed by atoms with Crippen LogP contribution in [0.5, 0.6) is 5.75 Å². The number of rotatable bonds is 10. The van der Waals surface area contributed by atoms with Gasteiger partial charge in [-0.15, -0.1) is 12.4 Å². The number of aliphatic hydroxyl groups excluding tert-OH is 1. The molecule has 1 aliphatic heterocycles. The molecule has 2 aliphatic rings. The fourth-order valence-corrected chi connectivity index (χ4v) is 5.83. The number of nitrogens with zero attached hydrogens (tertiary/aromatic N) is 6. The van der Waals surface area contributed by atoms with Gasteiger partial charge < -0.3 is 20.7 Å². The minimum Gasteiger partial charge on any atom is -1.00 e. The zero-order valence-corrected chi connectivity index (χ0v) is 27.5. The number of aliphatic hydroxyl groups is 1. The normalized spacial score (nSPS) is 16.6. The zero-order chi connectivity index (χ0) is 28.3. The van der Waals surface area contributed by atoms with Crippen LogP contribution in [0.1, 0.15) is 50.0 Å². The van der Waals surface area contributed by atoms with Gasteiger partial charge >= 0.3 is 29.6 Å². The molecule has 43 heavy (non-hydrogen) atoms. The molecule has 0 bridgehead atoms. The molecular formula is C31H37ClFN6NaO3. The van der Waals surface area contributed by atoms with E-state index in [-0.39, 0.29) is 79.9 Å². The van der Waals surface area contributed by atoms with Crippen LogP contribution in [-0.4, -0.2) is 61.9 Å². The number of benzene rings is 1. The molecule has 1 aromatic carbocycles. The van der Waals surface area contributed by atoms with Gasteiger partial charge in [0.15, 0.2) is 17.0 Å². The summed E-state index contributed by atoms with van der Waals surface area (Å²) in [4.78, 5) is 31.7. The minimum atomic E-state index is -0.599. The van der Waals surface area contributed by atoms with E-state index in [0.29, 0.717) is 29.6 Å². The molecule has 1 atom stereocenters. The molecule has 1 aliphatic carbocycles. The smallest absolute Gasteiger partial charge is 1.00 e. The van der Waals surface area contributed by atoms with Gasteiger partial charge in [-0.2, -0.15) is 0 Å². The summed E-state index contributed by atoms with van der Waals surface area (Å²) in [6.07, 6.45) is 13.0. The number of pyridine rings is 2. The largest absolute Gasteiger partial charge is 1.00 e. The van der Waals surface area contributed by atoms with Crippen LogP contribution in [0.3, 0.4) is 0 Å². The van der Waals surface area contributed by atoms with Crippen molar-refractivity contribution in [2.24, 2.45) is 0 Å². The molecule has 1 N–H and O–H groups in total. The number of piperidine rings is 1. The van der Waals surface area contributed by atoms with Crippen molar-refractivity contribution in [2.75, 3.05) is 31.2 Å². The molecule has 0 unspecified atom stereocenters. The Morgan fingerprint density at radius 2 is 1.98 bits per heavy atom. The van der Waals surface area contributed by atoms with E-state index in [0.717, 1.165) is 55.8 Å². The molecule has 1 saturated carbocycles. The number of hydrogen-bond donors (Lipinski definition) is 1. The van der Waals surface area contributed by atoms with E-state index < -0.39 is 5.82 Å². The van der Waals surface area contributed by atoms with Crippen LogP contribution in [0.4, 0.5) is 10.2 Å². The summed E-state index contributed by atoms with van der Waals surface area (Å²) in [6.45, 7) is 4.53. The summed E-state index contributed by atoms with van der Waals surface area (Å²) in [5, 5.41) is 9.49. The Kier molecular flexibility index (Phi) is 11.6. The van der Waals surface area contributed by atoms with Crippen molar-refractivity contribution in [3.63, 3.8) is 0 Å². The number of ether oxygens (including phenoxy) is 1. The van der Waals surface area contributed by atoms with Gasteiger partial charge in [-0.3, -0.25) is 19.7 Å². The molecule has 6 rings (SSSR count). The fourth-order valence-electron chi connectivity index (χ4n) is 5.83. The molecule has 224 valence electrons. The number of aryl methyl sites for hydroxylation is 1. The summed E-state index contributed by atoms with van der Waals surface area (Å²) in [5.41, 5.74) is 3.23. The molecule has 0 amide bonds. The standard InChI is InChI=1S/C31H35FN6O3.ClH.Na.H/c1-21-13-22(6-7-34-21)17-37(25-3-2-10-36(20-25)30-16-33-8-9-35-30)18-23-19-38(24-4-5-24)28-15-29(41-12-11-39)27(32)14-26(28)31(23)40;;;/h6-9,13-16,19,24-25,39H,2-5,10-12,17-18,20H2,1H3;1H;;/q;;+1;-1/t25-;;;/m0.../s1. The van der Waals surface area contributed by atoms with Crippen molar-refractivity contribution in [2.45, 2.75) is 57.8 Å². The van der Waals surface area contributed by atoms with Gasteiger partial charge in [-0.05, 0) is 56.4 Å². The van der Waals surface area contributed by atoms with E-state index in [2.05, 4.69) is 35.4 Å². The topological polar surface area (TPSA) is 96.6 Å². The van der Waals surface area contributed by atoms with E-state index >= 15 is 0 Å². The number of anilines is 1. The Hall–Kier alpha value is -2.60. The molecule has 9 nitrogen and oxygen atoms in total. The molecule has 4 heterocycles. The molecule has 2 fully saturated rings. The monoisotopic (exact) mass is 618 g/mol. The van der Waals surface area contributed by atoms with Gasteiger partial charge in [0.25, 0.3) is 0 Å². The second-order valence-corrected chi connectivity index (χ2v) is 11.0. The third-order valence-corrected chi connectivity index (χ3v) is 7.96. The van der Waals surface area contributed by atoms with Crippen LogP contribution in [-0.2, 0) is 13.1 Å². The van der Waals surface area contributed by atoms with Gasteiger partial charge in [0.1, 0.15) is 12.4 Å². The maximum absolute atomic E-state index is 15.0. The predicted octanol–water partition coefficient (Wildman–Crippen LogP) is 1.55. The van der Waals surface area contributed by atoms with Gasteiger partial charge in [0, 0.05) is 85.8 Å². The van der Waals surface area contributed by atoms with Gasteiger partial charge in [-0.1, -0.05) is 0 Å². The number of hydrogen-bond acceptors (Lipinski definition) is 8. The number of halogens is 2. The fraction of sp³-hybridized carbons (Fsp3) is 0.419. The summed E-state index contributed by atoms with van der Waals surface area (Å²) >= 11 is 0. The number of aromatic nitrogens is 4. The molecule has 12 heteroatoms. The molecule has 1 saturated heterocycles. The van der Waals surface area contributed by atoms with Crippen molar-refractivity contribution < 1.29 is 45.2 Å². The zero-order valence-electron chi connectivity index (χ0n) is 25.7. The summed E-state index contributed by atoms with van der Waals surface area (Å²) < 4.78 is 22.5. The van der Waals surface area contributed by atoms with Crippen LogP contribution in [0.15, 0.2) is 60.0 Å². The van der Waals surface area contributed by atoms with Crippen molar-refractivity contribution in [3.8, 4) is 5.75 Å². The van der Waals surface area contributed by atoms with Gasteiger partial charge in [0.2, 0.25) is 0 Å². The van der Waals surface area contributed by atoms with E-state index in [1.54, 1.807) is 24.7 Å². The van der Waals surface area contributed by atoms with E-state index in [1.165, 1.54) is 6.07 Å². The maximum atomic E-state index is 15.0. The molecule has 3 aromatic heterocycles. The minimum absolute atomic E-state index is 0. The first-order valence-corrected chi connectivity index (χ1v) is 14.3. The Balaban J connectivity index is 0.00000176. The molecule has 4 aromatic rings. The van der Waals surface area contributed by atoms with Crippen molar-refractivity contribution in [1.29, 1.82) is 0 Å². The van der Waals surface area contributed by atoms with Crippen LogP contribution in [0.2, 0.25) is 0 Å². The van der Waals surface area contributed by atoms with Crippen LogP contribution < -0.4 is 44.6 Å². The van der Waals surface area contributed by atoms with Crippen LogP contribution in [0, 0.1) is 12.7 Å². The summed E-state index contributed by atoms with van der Waals surface area (Å²) in [5.74, 6) is 0.307.